The number of hydrogen-bond donors (Lipinski definition) is 0. The smallest absolute Gasteiger partial charge is 0.184 e. The molecule has 0 unspecified atom stereocenters. The van der Waals surface area contributed by atoms with Crippen LogP contribution in [0.25, 0.3) is 11.3 Å². The normalized spacial score (nSPS) is 11.2. The maximum Gasteiger partial charge on any atom is 0.184 e. The highest BCUT2D eigenvalue weighted by atomic mass is 35.5. The van der Waals surface area contributed by atoms with Gasteiger partial charge in [-0.3, -0.25) is 0 Å². The maximum absolute atomic E-state index is 6.34. The van der Waals surface area contributed by atoms with Crippen molar-refractivity contribution in [3.05, 3.63) is 32.6 Å². The number of ether oxygens (including phenoxy) is 2. The Morgan fingerprint density at radius 2 is 2.00 bits per heavy atom. The molecule has 2 aromatic rings. The molecule has 0 saturated carbocycles. The Bertz CT molecular complexity index is 644. The van der Waals surface area contributed by atoms with Gasteiger partial charge in [0.25, 0.3) is 0 Å². The Morgan fingerprint density at radius 3 is 2.65 bits per heavy atom. The Morgan fingerprint density at radius 1 is 1.22 bits per heavy atom. The minimum Gasteiger partial charge on any atom is -0.492 e. The number of aromatic nitrogens is 1. The van der Waals surface area contributed by atoms with Crippen molar-refractivity contribution in [2.45, 2.75) is 26.7 Å². The van der Waals surface area contributed by atoms with E-state index in [1.807, 2.05) is 18.2 Å². The monoisotopic (exact) mass is 373 g/mol. The van der Waals surface area contributed by atoms with Crippen LogP contribution in [0, 0.1) is 5.92 Å². The van der Waals surface area contributed by atoms with Gasteiger partial charge in [0.15, 0.2) is 4.47 Å². The van der Waals surface area contributed by atoms with Crippen molar-refractivity contribution in [1.82, 2.24) is 4.98 Å². The molecule has 0 aliphatic heterocycles. The van der Waals surface area contributed by atoms with Crippen LogP contribution in [0.5, 0.6) is 5.75 Å². The predicted molar refractivity (Wildman–Crippen MR) is 98.1 cm³/mol. The quantitative estimate of drug-likeness (QED) is 0.553. The van der Waals surface area contributed by atoms with Crippen LogP contribution in [0.3, 0.4) is 0 Å². The second-order valence-corrected chi connectivity index (χ2v) is 7.75. The molecule has 126 valence electrons. The second kappa shape index (κ2) is 8.88. The van der Waals surface area contributed by atoms with Crippen molar-refractivity contribution in [3.8, 4) is 17.0 Å². The third kappa shape index (κ3) is 5.35. The van der Waals surface area contributed by atoms with E-state index in [2.05, 4.69) is 18.8 Å². The van der Waals surface area contributed by atoms with Crippen LogP contribution >= 0.6 is 34.5 Å². The van der Waals surface area contributed by atoms with Crippen LogP contribution in [0.1, 0.15) is 25.1 Å². The number of rotatable bonds is 8. The topological polar surface area (TPSA) is 31.4 Å². The first kappa shape index (κ1) is 18.5. The molecule has 1 heterocycles. The molecule has 2 rings (SSSR count). The molecule has 0 atom stereocenters. The van der Waals surface area contributed by atoms with Gasteiger partial charge in [0.2, 0.25) is 0 Å². The molecule has 0 N–H and O–H groups in total. The Hall–Kier alpha value is -0.810. The molecule has 1 aromatic heterocycles. The predicted octanol–water partition coefficient (Wildman–Crippen LogP) is 5.73. The van der Waals surface area contributed by atoms with E-state index in [9.17, 15) is 0 Å². The van der Waals surface area contributed by atoms with Gasteiger partial charge in [-0.25, -0.2) is 4.98 Å². The third-order valence-corrected chi connectivity index (χ3v) is 4.70. The number of methoxy groups -OCH3 is 1. The molecular formula is C17H21Cl2NO2S. The molecule has 0 fully saturated rings. The highest BCUT2D eigenvalue weighted by Gasteiger charge is 2.15. The minimum absolute atomic E-state index is 0.545. The molecule has 0 bridgehead atoms. The number of hydrogen-bond acceptors (Lipinski definition) is 4. The fourth-order valence-electron chi connectivity index (χ4n) is 2.21. The number of nitrogens with zero attached hydrogens (tertiary/aromatic N) is 1. The lowest BCUT2D eigenvalue weighted by Crippen LogP contribution is -2.01. The SMILES string of the molecule is COCCCOc1ccc(-c2nc(Cl)sc2CC(C)C)cc1Cl. The van der Waals surface area contributed by atoms with Crippen molar-refractivity contribution in [1.29, 1.82) is 0 Å². The fourth-order valence-corrected chi connectivity index (χ4v) is 3.82. The number of halogens is 2. The molecule has 0 amide bonds. The number of thiazole rings is 1. The zero-order valence-electron chi connectivity index (χ0n) is 13.6. The third-order valence-electron chi connectivity index (χ3n) is 3.22. The van der Waals surface area contributed by atoms with Gasteiger partial charge in [-0.1, -0.05) is 37.0 Å². The van der Waals surface area contributed by atoms with Crippen molar-refractivity contribution < 1.29 is 9.47 Å². The second-order valence-electron chi connectivity index (χ2n) is 5.68. The van der Waals surface area contributed by atoms with Gasteiger partial charge in [0, 0.05) is 30.6 Å². The molecule has 3 nitrogen and oxygen atoms in total. The molecule has 6 heteroatoms. The van der Waals surface area contributed by atoms with E-state index < -0.39 is 0 Å². The lowest BCUT2D eigenvalue weighted by Gasteiger charge is -2.10. The van der Waals surface area contributed by atoms with Crippen molar-refractivity contribution in [2.24, 2.45) is 5.92 Å². The van der Waals surface area contributed by atoms with Crippen LogP contribution in [0.2, 0.25) is 9.49 Å². The van der Waals surface area contributed by atoms with Gasteiger partial charge in [0.05, 0.1) is 17.3 Å². The molecule has 0 spiro atoms. The summed E-state index contributed by atoms with van der Waals surface area (Å²) in [5.74, 6) is 1.22. The molecule has 0 radical (unpaired) electrons. The molecular weight excluding hydrogens is 353 g/mol. The summed E-state index contributed by atoms with van der Waals surface area (Å²) in [5, 5.41) is 0.583. The van der Waals surface area contributed by atoms with E-state index >= 15 is 0 Å². The standard InChI is InChI=1S/C17H21Cl2NO2S/c1-11(2)9-15-16(20-17(19)23-15)12-5-6-14(13(18)10-12)22-8-4-7-21-3/h5-6,10-11H,4,7-9H2,1-3H3. The van der Waals surface area contributed by atoms with E-state index in [4.69, 9.17) is 32.7 Å². The lowest BCUT2D eigenvalue weighted by atomic mass is 10.0. The summed E-state index contributed by atoms with van der Waals surface area (Å²) in [6.45, 7) is 5.61. The maximum atomic E-state index is 6.34. The van der Waals surface area contributed by atoms with Gasteiger partial charge >= 0.3 is 0 Å². The van der Waals surface area contributed by atoms with E-state index in [0.717, 1.165) is 24.1 Å². The molecule has 0 aliphatic rings. The molecule has 0 aliphatic carbocycles. The highest BCUT2D eigenvalue weighted by Crippen LogP contribution is 2.36. The van der Waals surface area contributed by atoms with Crippen molar-refractivity contribution in [2.75, 3.05) is 20.3 Å². The van der Waals surface area contributed by atoms with Gasteiger partial charge in [-0.2, -0.15) is 0 Å². The van der Waals surface area contributed by atoms with E-state index in [-0.39, 0.29) is 0 Å². The zero-order chi connectivity index (χ0) is 16.8. The summed E-state index contributed by atoms with van der Waals surface area (Å²) in [6.07, 6.45) is 1.78. The van der Waals surface area contributed by atoms with Gasteiger partial charge in [-0.05, 0) is 30.5 Å². The Balaban J connectivity index is 2.17. The fraction of sp³-hybridized carbons (Fsp3) is 0.471. The van der Waals surface area contributed by atoms with E-state index in [0.29, 0.717) is 34.4 Å². The average molecular weight is 374 g/mol. The minimum atomic E-state index is 0.545. The van der Waals surface area contributed by atoms with Crippen LogP contribution < -0.4 is 4.74 Å². The van der Waals surface area contributed by atoms with Crippen molar-refractivity contribution in [3.63, 3.8) is 0 Å². The van der Waals surface area contributed by atoms with E-state index in [1.54, 1.807) is 7.11 Å². The van der Waals surface area contributed by atoms with Gasteiger partial charge < -0.3 is 9.47 Å². The lowest BCUT2D eigenvalue weighted by molar-refractivity contribution is 0.172. The summed E-state index contributed by atoms with van der Waals surface area (Å²) < 4.78 is 11.2. The van der Waals surface area contributed by atoms with E-state index in [1.165, 1.54) is 16.2 Å². The molecule has 1 aromatic carbocycles. The van der Waals surface area contributed by atoms with Gasteiger partial charge in [0.1, 0.15) is 5.75 Å². The summed E-state index contributed by atoms with van der Waals surface area (Å²) in [5.41, 5.74) is 1.89. The highest BCUT2D eigenvalue weighted by molar-refractivity contribution is 7.16. The van der Waals surface area contributed by atoms with Crippen LogP contribution in [-0.4, -0.2) is 25.3 Å². The van der Waals surface area contributed by atoms with Gasteiger partial charge in [-0.15, -0.1) is 11.3 Å². The first-order valence-corrected chi connectivity index (χ1v) is 9.15. The Kier molecular flexibility index (Phi) is 7.15. The summed E-state index contributed by atoms with van der Waals surface area (Å²) in [6, 6.07) is 5.76. The number of benzene rings is 1. The molecule has 0 saturated heterocycles. The average Bonchev–Trinajstić information content (AvgIpc) is 2.84. The summed E-state index contributed by atoms with van der Waals surface area (Å²) in [4.78, 5) is 5.65. The van der Waals surface area contributed by atoms with Crippen LogP contribution in [0.4, 0.5) is 0 Å². The molecule has 23 heavy (non-hydrogen) atoms. The Labute approximate surface area is 151 Å². The summed E-state index contributed by atoms with van der Waals surface area (Å²) in [7, 11) is 1.68. The largest absolute Gasteiger partial charge is 0.492 e. The summed E-state index contributed by atoms with van der Waals surface area (Å²) >= 11 is 14.0. The van der Waals surface area contributed by atoms with Crippen LogP contribution in [0.15, 0.2) is 18.2 Å². The first-order valence-electron chi connectivity index (χ1n) is 7.58. The first-order chi connectivity index (χ1) is 11.0. The van der Waals surface area contributed by atoms with Crippen molar-refractivity contribution >= 4 is 34.5 Å². The van der Waals surface area contributed by atoms with Crippen LogP contribution in [-0.2, 0) is 11.2 Å². The zero-order valence-corrected chi connectivity index (χ0v) is 15.9.